The van der Waals surface area contributed by atoms with Crippen molar-refractivity contribution in [2.75, 3.05) is 19.7 Å². The number of nitrogens with zero attached hydrogens (tertiary/aromatic N) is 2. The van der Waals surface area contributed by atoms with Crippen LogP contribution in [0, 0.1) is 0 Å². The molecule has 1 unspecified atom stereocenters. The predicted molar refractivity (Wildman–Crippen MR) is 96.7 cm³/mol. The molecule has 1 amide bonds. The van der Waals surface area contributed by atoms with E-state index >= 15 is 0 Å². The van der Waals surface area contributed by atoms with E-state index in [0.29, 0.717) is 24.9 Å². The Hall–Kier alpha value is -2.60. The van der Waals surface area contributed by atoms with Gasteiger partial charge in [0.05, 0.1) is 6.04 Å². The third kappa shape index (κ3) is 4.48. The van der Waals surface area contributed by atoms with Crippen LogP contribution in [0.4, 0.5) is 0 Å². The SMILES string of the molecule is C=CCOc1ccccc1CNC(=O)c1ccn(C2CCCNC2)n1. The minimum atomic E-state index is -0.180. The van der Waals surface area contributed by atoms with E-state index < -0.39 is 0 Å². The van der Waals surface area contributed by atoms with Crippen molar-refractivity contribution in [3.8, 4) is 5.75 Å². The van der Waals surface area contributed by atoms with Gasteiger partial charge >= 0.3 is 0 Å². The maximum Gasteiger partial charge on any atom is 0.272 e. The van der Waals surface area contributed by atoms with Gasteiger partial charge in [0, 0.05) is 24.8 Å². The average molecular weight is 340 g/mol. The molecule has 1 aromatic heterocycles. The number of piperidine rings is 1. The Morgan fingerprint density at radius 1 is 1.44 bits per heavy atom. The number of rotatable bonds is 7. The fourth-order valence-electron chi connectivity index (χ4n) is 2.93. The highest BCUT2D eigenvalue weighted by Gasteiger charge is 2.17. The molecule has 1 saturated heterocycles. The highest BCUT2D eigenvalue weighted by Crippen LogP contribution is 2.18. The Morgan fingerprint density at radius 2 is 2.32 bits per heavy atom. The van der Waals surface area contributed by atoms with Gasteiger partial charge in [-0.25, -0.2) is 0 Å². The number of hydrogen-bond donors (Lipinski definition) is 2. The lowest BCUT2D eigenvalue weighted by Gasteiger charge is -2.22. The van der Waals surface area contributed by atoms with Crippen LogP contribution in [0.1, 0.15) is 34.9 Å². The van der Waals surface area contributed by atoms with E-state index in [9.17, 15) is 4.79 Å². The van der Waals surface area contributed by atoms with Crippen LogP contribution in [0.3, 0.4) is 0 Å². The number of aromatic nitrogens is 2. The van der Waals surface area contributed by atoms with Gasteiger partial charge in [0.15, 0.2) is 0 Å². The van der Waals surface area contributed by atoms with Crippen molar-refractivity contribution in [2.45, 2.75) is 25.4 Å². The van der Waals surface area contributed by atoms with Gasteiger partial charge in [-0.15, -0.1) is 0 Å². The monoisotopic (exact) mass is 340 g/mol. The van der Waals surface area contributed by atoms with Crippen LogP contribution >= 0.6 is 0 Å². The Labute approximate surface area is 147 Å². The molecule has 25 heavy (non-hydrogen) atoms. The molecule has 1 atom stereocenters. The van der Waals surface area contributed by atoms with Crippen molar-refractivity contribution < 1.29 is 9.53 Å². The second kappa shape index (κ2) is 8.48. The van der Waals surface area contributed by atoms with E-state index in [1.165, 1.54) is 0 Å². The highest BCUT2D eigenvalue weighted by molar-refractivity contribution is 5.92. The van der Waals surface area contributed by atoms with Gasteiger partial charge in [0.25, 0.3) is 5.91 Å². The van der Waals surface area contributed by atoms with Gasteiger partial charge in [-0.1, -0.05) is 30.9 Å². The Kier molecular flexibility index (Phi) is 5.85. The highest BCUT2D eigenvalue weighted by atomic mass is 16.5. The van der Waals surface area contributed by atoms with E-state index in [-0.39, 0.29) is 5.91 Å². The Morgan fingerprint density at radius 3 is 3.12 bits per heavy atom. The smallest absolute Gasteiger partial charge is 0.272 e. The maximum absolute atomic E-state index is 12.4. The summed E-state index contributed by atoms with van der Waals surface area (Å²) in [5.74, 6) is 0.572. The summed E-state index contributed by atoms with van der Waals surface area (Å²) >= 11 is 0. The number of benzene rings is 1. The van der Waals surface area contributed by atoms with Crippen molar-refractivity contribution in [3.05, 3.63) is 60.4 Å². The average Bonchev–Trinajstić information content (AvgIpc) is 3.16. The first kappa shape index (κ1) is 17.2. The minimum Gasteiger partial charge on any atom is -0.489 e. The van der Waals surface area contributed by atoms with Crippen LogP contribution in [-0.2, 0) is 6.54 Å². The summed E-state index contributed by atoms with van der Waals surface area (Å²) < 4.78 is 7.50. The van der Waals surface area contributed by atoms with E-state index in [1.54, 1.807) is 12.1 Å². The summed E-state index contributed by atoms with van der Waals surface area (Å²) in [4.78, 5) is 12.4. The van der Waals surface area contributed by atoms with Gasteiger partial charge in [-0.2, -0.15) is 5.10 Å². The molecule has 6 heteroatoms. The van der Waals surface area contributed by atoms with E-state index in [4.69, 9.17) is 4.74 Å². The van der Waals surface area contributed by atoms with Gasteiger partial charge < -0.3 is 15.4 Å². The number of nitrogens with one attached hydrogen (secondary N) is 2. The van der Waals surface area contributed by atoms with Crippen molar-refractivity contribution in [1.82, 2.24) is 20.4 Å². The number of carbonyl (C=O) groups excluding carboxylic acids is 1. The van der Waals surface area contributed by atoms with Crippen molar-refractivity contribution >= 4 is 5.91 Å². The van der Waals surface area contributed by atoms with E-state index in [0.717, 1.165) is 37.2 Å². The first-order valence-corrected chi connectivity index (χ1v) is 8.63. The lowest BCUT2D eigenvalue weighted by molar-refractivity contribution is 0.0944. The Bertz CT molecular complexity index is 720. The first-order valence-electron chi connectivity index (χ1n) is 8.63. The van der Waals surface area contributed by atoms with Gasteiger partial charge in [-0.05, 0) is 31.5 Å². The lowest BCUT2D eigenvalue weighted by Crippen LogP contribution is -2.32. The molecule has 6 nitrogen and oxygen atoms in total. The molecule has 3 rings (SSSR count). The summed E-state index contributed by atoms with van der Waals surface area (Å²) in [6.45, 7) is 6.43. The molecule has 2 aromatic rings. The molecule has 0 spiro atoms. The van der Waals surface area contributed by atoms with E-state index in [2.05, 4.69) is 22.3 Å². The Balaban J connectivity index is 1.59. The molecule has 2 N–H and O–H groups in total. The molecule has 1 aromatic carbocycles. The zero-order valence-electron chi connectivity index (χ0n) is 14.3. The lowest BCUT2D eigenvalue weighted by atomic mass is 10.1. The second-order valence-corrected chi connectivity index (χ2v) is 6.07. The summed E-state index contributed by atoms with van der Waals surface area (Å²) in [7, 11) is 0. The van der Waals surface area contributed by atoms with Crippen LogP contribution in [-0.4, -0.2) is 35.4 Å². The molecule has 0 radical (unpaired) electrons. The summed E-state index contributed by atoms with van der Waals surface area (Å²) in [6.07, 6.45) is 5.80. The maximum atomic E-state index is 12.4. The number of amides is 1. The number of carbonyl (C=O) groups is 1. The molecule has 2 heterocycles. The number of hydrogen-bond acceptors (Lipinski definition) is 4. The van der Waals surface area contributed by atoms with Crippen LogP contribution in [0.2, 0.25) is 0 Å². The molecule has 1 aliphatic heterocycles. The molecule has 1 fully saturated rings. The zero-order chi connectivity index (χ0) is 17.5. The van der Waals surface area contributed by atoms with Crippen molar-refractivity contribution in [3.63, 3.8) is 0 Å². The summed E-state index contributed by atoms with van der Waals surface area (Å²) in [5, 5.41) is 10.7. The molecule has 132 valence electrons. The normalized spacial score (nSPS) is 17.0. The molecule has 0 saturated carbocycles. The third-order valence-corrected chi connectivity index (χ3v) is 4.25. The molecule has 1 aliphatic rings. The number of ether oxygens (including phenoxy) is 1. The van der Waals surface area contributed by atoms with Gasteiger partial charge in [-0.3, -0.25) is 9.48 Å². The summed E-state index contributed by atoms with van der Waals surface area (Å²) in [6, 6.07) is 9.74. The minimum absolute atomic E-state index is 0.180. The molecule has 0 bridgehead atoms. The largest absolute Gasteiger partial charge is 0.489 e. The zero-order valence-corrected chi connectivity index (χ0v) is 14.3. The number of para-hydroxylation sites is 1. The molecule has 0 aliphatic carbocycles. The topological polar surface area (TPSA) is 68.2 Å². The fraction of sp³-hybridized carbons (Fsp3) is 0.368. The molecular weight excluding hydrogens is 316 g/mol. The van der Waals surface area contributed by atoms with Crippen LogP contribution in [0.25, 0.3) is 0 Å². The predicted octanol–water partition coefficient (Wildman–Crippen LogP) is 2.30. The summed E-state index contributed by atoms with van der Waals surface area (Å²) in [5.41, 5.74) is 1.36. The quantitative estimate of drug-likeness (QED) is 0.759. The van der Waals surface area contributed by atoms with Gasteiger partial charge in [0.2, 0.25) is 0 Å². The third-order valence-electron chi connectivity index (χ3n) is 4.25. The second-order valence-electron chi connectivity index (χ2n) is 6.07. The fourth-order valence-corrected chi connectivity index (χ4v) is 2.93. The standard InChI is InChI=1S/C19H24N4O2/c1-2-12-25-18-8-4-3-6-15(18)13-21-19(24)17-9-11-23(22-17)16-7-5-10-20-14-16/h2-4,6,8-9,11,16,20H,1,5,7,10,12-14H2,(H,21,24). The van der Waals surface area contributed by atoms with Crippen LogP contribution in [0.15, 0.2) is 49.2 Å². The van der Waals surface area contributed by atoms with Gasteiger partial charge in [0.1, 0.15) is 18.1 Å². The van der Waals surface area contributed by atoms with Crippen LogP contribution < -0.4 is 15.4 Å². The molecular formula is C19H24N4O2. The van der Waals surface area contributed by atoms with Crippen LogP contribution in [0.5, 0.6) is 5.75 Å². The van der Waals surface area contributed by atoms with E-state index in [1.807, 2.05) is 35.1 Å². The first-order chi connectivity index (χ1) is 12.3. The van der Waals surface area contributed by atoms with Crippen molar-refractivity contribution in [2.24, 2.45) is 0 Å². The van der Waals surface area contributed by atoms with Crippen molar-refractivity contribution in [1.29, 1.82) is 0 Å².